The van der Waals surface area contributed by atoms with E-state index in [1.165, 1.54) is 0 Å². The van der Waals surface area contributed by atoms with E-state index in [0.29, 0.717) is 43.5 Å². The van der Waals surface area contributed by atoms with E-state index in [2.05, 4.69) is 5.32 Å². The molecule has 2 atom stereocenters. The van der Waals surface area contributed by atoms with E-state index in [0.717, 1.165) is 18.4 Å². The average molecular weight is 375 g/mol. The number of carbonyl (C=O) groups excluding carboxylic acids is 2. The van der Waals surface area contributed by atoms with Crippen molar-refractivity contribution in [2.75, 3.05) is 33.9 Å². The van der Waals surface area contributed by atoms with Gasteiger partial charge in [0.25, 0.3) is 0 Å². The molecule has 2 aliphatic rings. The molecule has 3 N–H and O–H groups in total. The van der Waals surface area contributed by atoms with Gasteiger partial charge in [-0.3, -0.25) is 9.59 Å². The summed E-state index contributed by atoms with van der Waals surface area (Å²) in [5, 5.41) is 2.92. The van der Waals surface area contributed by atoms with Crippen LogP contribution in [0, 0.1) is 11.8 Å². The molecule has 2 unspecified atom stereocenters. The highest BCUT2D eigenvalue weighted by molar-refractivity contribution is 5.89. The Morgan fingerprint density at radius 1 is 1.30 bits per heavy atom. The van der Waals surface area contributed by atoms with Crippen LogP contribution in [0.25, 0.3) is 0 Å². The second kappa shape index (κ2) is 8.61. The molecule has 1 aromatic rings. The van der Waals surface area contributed by atoms with Gasteiger partial charge in [-0.15, -0.1) is 0 Å². The summed E-state index contributed by atoms with van der Waals surface area (Å²) in [6.45, 7) is 1.55. The number of ether oxygens (including phenoxy) is 2. The first kappa shape index (κ1) is 19.5. The lowest BCUT2D eigenvalue weighted by Crippen LogP contribution is -2.41. The number of amides is 2. The number of nitrogens with one attached hydrogen (secondary N) is 1. The van der Waals surface area contributed by atoms with Crippen LogP contribution in [-0.2, 0) is 16.0 Å². The van der Waals surface area contributed by atoms with Gasteiger partial charge in [0.1, 0.15) is 0 Å². The van der Waals surface area contributed by atoms with Crippen molar-refractivity contribution in [3.63, 3.8) is 0 Å². The lowest BCUT2D eigenvalue weighted by molar-refractivity contribution is -0.129. The minimum Gasteiger partial charge on any atom is -0.493 e. The maximum atomic E-state index is 12.3. The van der Waals surface area contributed by atoms with Crippen molar-refractivity contribution in [2.24, 2.45) is 17.6 Å². The third-order valence-electron chi connectivity index (χ3n) is 5.44. The van der Waals surface area contributed by atoms with Gasteiger partial charge < -0.3 is 25.4 Å². The Kier molecular flexibility index (Phi) is 6.21. The summed E-state index contributed by atoms with van der Waals surface area (Å²) in [4.78, 5) is 26.4. The van der Waals surface area contributed by atoms with Crippen LogP contribution in [0.15, 0.2) is 18.2 Å². The van der Waals surface area contributed by atoms with Crippen LogP contribution < -0.4 is 20.5 Å². The molecule has 3 rings (SSSR count). The van der Waals surface area contributed by atoms with Gasteiger partial charge in [0.15, 0.2) is 11.5 Å². The van der Waals surface area contributed by atoms with Crippen LogP contribution >= 0.6 is 0 Å². The zero-order valence-corrected chi connectivity index (χ0v) is 16.1. The Morgan fingerprint density at radius 3 is 2.70 bits per heavy atom. The smallest absolute Gasteiger partial charge is 0.225 e. The summed E-state index contributed by atoms with van der Waals surface area (Å²) in [7, 11) is 3.20. The van der Waals surface area contributed by atoms with E-state index in [9.17, 15) is 9.59 Å². The summed E-state index contributed by atoms with van der Waals surface area (Å²) in [6, 6.07) is 5.78. The Balaban J connectivity index is 1.48. The molecule has 148 valence electrons. The highest BCUT2D eigenvalue weighted by Crippen LogP contribution is 2.31. The fourth-order valence-corrected chi connectivity index (χ4v) is 3.52. The Bertz CT molecular complexity index is 690. The largest absolute Gasteiger partial charge is 0.493 e. The number of hydrogen-bond donors (Lipinski definition) is 2. The molecule has 7 nitrogen and oxygen atoms in total. The quantitative estimate of drug-likeness (QED) is 0.670. The zero-order chi connectivity index (χ0) is 19.4. The number of methoxy groups -OCH3 is 2. The molecule has 7 heteroatoms. The molecule has 1 saturated heterocycles. The van der Waals surface area contributed by atoms with Gasteiger partial charge in [-0.2, -0.15) is 0 Å². The fourth-order valence-electron chi connectivity index (χ4n) is 3.52. The normalized spacial score (nSPS) is 20.5. The number of rotatable bonds is 9. The highest BCUT2D eigenvalue weighted by atomic mass is 16.5. The molecule has 1 aliphatic carbocycles. The Hall–Kier alpha value is -2.28. The lowest BCUT2D eigenvalue weighted by Gasteiger charge is -2.18. The number of benzene rings is 1. The second-order valence-corrected chi connectivity index (χ2v) is 7.43. The monoisotopic (exact) mass is 375 g/mol. The van der Waals surface area contributed by atoms with Crippen LogP contribution in [0.3, 0.4) is 0 Å². The predicted molar refractivity (Wildman–Crippen MR) is 102 cm³/mol. The predicted octanol–water partition coefficient (Wildman–Crippen LogP) is 0.948. The van der Waals surface area contributed by atoms with E-state index < -0.39 is 0 Å². The molecule has 0 radical (unpaired) electrons. The molecule has 1 aliphatic heterocycles. The minimum atomic E-state index is -0.283. The van der Waals surface area contributed by atoms with Gasteiger partial charge in [0.05, 0.1) is 20.1 Å². The van der Waals surface area contributed by atoms with Gasteiger partial charge in [-0.25, -0.2) is 0 Å². The molecular formula is C20H29N3O4. The van der Waals surface area contributed by atoms with Gasteiger partial charge >= 0.3 is 0 Å². The van der Waals surface area contributed by atoms with Crippen molar-refractivity contribution < 1.29 is 19.1 Å². The minimum absolute atomic E-state index is 0.0297. The van der Waals surface area contributed by atoms with Crippen molar-refractivity contribution in [1.29, 1.82) is 0 Å². The van der Waals surface area contributed by atoms with Crippen LogP contribution in [0.4, 0.5) is 0 Å². The van der Waals surface area contributed by atoms with Crippen molar-refractivity contribution in [3.8, 4) is 11.5 Å². The third-order valence-corrected chi connectivity index (χ3v) is 5.44. The summed E-state index contributed by atoms with van der Waals surface area (Å²) >= 11 is 0. The molecule has 0 aromatic heterocycles. The zero-order valence-electron chi connectivity index (χ0n) is 16.1. The summed E-state index contributed by atoms with van der Waals surface area (Å²) < 4.78 is 10.6. The van der Waals surface area contributed by atoms with Crippen LogP contribution in [0.2, 0.25) is 0 Å². The van der Waals surface area contributed by atoms with Gasteiger partial charge in [-0.1, -0.05) is 6.07 Å². The first-order valence-electron chi connectivity index (χ1n) is 9.53. The number of likely N-dealkylation sites (tertiary alicyclic amines) is 1. The molecule has 0 bridgehead atoms. The van der Waals surface area contributed by atoms with Crippen molar-refractivity contribution in [1.82, 2.24) is 10.2 Å². The second-order valence-electron chi connectivity index (χ2n) is 7.43. The maximum absolute atomic E-state index is 12.3. The van der Waals surface area contributed by atoms with E-state index in [-0.39, 0.29) is 30.2 Å². The maximum Gasteiger partial charge on any atom is 0.225 e. The number of carbonyl (C=O) groups is 2. The average Bonchev–Trinajstić information content (AvgIpc) is 3.47. The molecule has 0 spiro atoms. The van der Waals surface area contributed by atoms with Gasteiger partial charge in [0.2, 0.25) is 11.8 Å². The summed E-state index contributed by atoms with van der Waals surface area (Å²) in [5.41, 5.74) is 7.08. The molecule has 27 heavy (non-hydrogen) atoms. The first-order valence-corrected chi connectivity index (χ1v) is 9.53. The molecular weight excluding hydrogens is 346 g/mol. The highest BCUT2D eigenvalue weighted by Gasteiger charge is 2.35. The molecule has 2 fully saturated rings. The lowest BCUT2D eigenvalue weighted by atomic mass is 10.1. The molecule has 2 amide bonds. The Labute approximate surface area is 160 Å². The van der Waals surface area contributed by atoms with E-state index in [1.807, 2.05) is 18.2 Å². The van der Waals surface area contributed by atoms with Crippen LogP contribution in [0.1, 0.15) is 24.8 Å². The number of hydrogen-bond acceptors (Lipinski definition) is 5. The summed E-state index contributed by atoms with van der Waals surface area (Å²) in [6.07, 6.45) is 3.29. The Morgan fingerprint density at radius 2 is 2.04 bits per heavy atom. The van der Waals surface area contributed by atoms with E-state index in [1.54, 1.807) is 19.1 Å². The molecule has 1 heterocycles. The van der Waals surface area contributed by atoms with Gasteiger partial charge in [0, 0.05) is 32.1 Å². The summed E-state index contributed by atoms with van der Waals surface area (Å²) in [5.74, 6) is 1.59. The topological polar surface area (TPSA) is 93.9 Å². The van der Waals surface area contributed by atoms with Crippen molar-refractivity contribution >= 4 is 11.8 Å². The van der Waals surface area contributed by atoms with Crippen LogP contribution in [-0.4, -0.2) is 56.6 Å². The van der Waals surface area contributed by atoms with Crippen LogP contribution in [0.5, 0.6) is 11.5 Å². The van der Waals surface area contributed by atoms with Gasteiger partial charge in [-0.05, 0) is 42.9 Å². The molecule has 1 aromatic carbocycles. The fraction of sp³-hybridized carbons (Fsp3) is 0.600. The SMILES string of the molecule is COc1ccc(CCN2CC(C(=O)NCC(N)C3CC3)CC2=O)cc1OC. The third kappa shape index (κ3) is 4.91. The number of nitrogens with two attached hydrogens (primary N) is 1. The van der Waals surface area contributed by atoms with E-state index >= 15 is 0 Å². The molecule has 1 saturated carbocycles. The first-order chi connectivity index (χ1) is 13.0. The number of nitrogens with zero attached hydrogens (tertiary/aromatic N) is 1. The standard InChI is InChI=1S/C20H29N3O4/c1-26-17-6-3-13(9-18(17)27-2)7-8-23-12-15(10-19(23)24)20(25)22-11-16(21)14-4-5-14/h3,6,9,14-16H,4-5,7-8,10-12,21H2,1-2H3,(H,22,25). The van der Waals surface area contributed by atoms with E-state index in [4.69, 9.17) is 15.2 Å². The van der Waals surface area contributed by atoms with Crippen molar-refractivity contribution in [2.45, 2.75) is 31.7 Å². The van der Waals surface area contributed by atoms with Crippen molar-refractivity contribution in [3.05, 3.63) is 23.8 Å².